The van der Waals surface area contributed by atoms with Gasteiger partial charge in [-0.15, -0.1) is 5.10 Å². The summed E-state index contributed by atoms with van der Waals surface area (Å²) < 4.78 is 7.49. The van der Waals surface area contributed by atoms with Gasteiger partial charge in [-0.05, 0) is 26.9 Å². The van der Waals surface area contributed by atoms with Crippen LogP contribution in [0, 0.1) is 5.41 Å². The maximum atomic E-state index is 12.5. The van der Waals surface area contributed by atoms with Gasteiger partial charge in [0.05, 0.1) is 13.2 Å². The first kappa shape index (κ1) is 18.3. The van der Waals surface area contributed by atoms with E-state index in [2.05, 4.69) is 34.0 Å². The summed E-state index contributed by atoms with van der Waals surface area (Å²) in [6.45, 7) is 7.29. The van der Waals surface area contributed by atoms with Crippen LogP contribution in [0.1, 0.15) is 23.5 Å². The molecule has 0 atom stereocenters. The van der Waals surface area contributed by atoms with Gasteiger partial charge in [-0.2, -0.15) is 0 Å². The van der Waals surface area contributed by atoms with Crippen molar-refractivity contribution in [1.82, 2.24) is 29.5 Å². The Kier molecular flexibility index (Phi) is 5.71. The van der Waals surface area contributed by atoms with E-state index in [1.807, 2.05) is 4.90 Å². The van der Waals surface area contributed by atoms with Gasteiger partial charge in [0.15, 0.2) is 0 Å². The van der Waals surface area contributed by atoms with E-state index < -0.39 is 0 Å². The smallest absolute Gasteiger partial charge is 0.293 e. The minimum absolute atomic E-state index is 0.0607. The molecule has 0 N–H and O–H groups in total. The third-order valence-electron chi connectivity index (χ3n) is 5.28. The first-order valence-corrected chi connectivity index (χ1v) is 9.07. The van der Waals surface area contributed by atoms with Crippen LogP contribution in [-0.2, 0) is 11.8 Å². The molecule has 1 aromatic heterocycles. The zero-order valence-corrected chi connectivity index (χ0v) is 15.6. The fourth-order valence-corrected chi connectivity index (χ4v) is 3.68. The van der Waals surface area contributed by atoms with E-state index in [1.165, 1.54) is 0 Å². The summed E-state index contributed by atoms with van der Waals surface area (Å²) in [5.41, 5.74) is 0.164. The minimum atomic E-state index is -0.0607. The van der Waals surface area contributed by atoms with Crippen LogP contribution in [0.15, 0.2) is 6.33 Å². The lowest BCUT2D eigenvalue weighted by Gasteiger charge is -2.42. The molecule has 0 aliphatic carbocycles. The Labute approximate surface area is 149 Å². The number of carbonyl (C=O) groups excluding carboxylic acids is 1. The Morgan fingerprint density at radius 3 is 2.72 bits per heavy atom. The molecule has 2 fully saturated rings. The zero-order valence-electron chi connectivity index (χ0n) is 15.6. The lowest BCUT2D eigenvalue weighted by atomic mass is 9.78. The van der Waals surface area contributed by atoms with E-state index in [9.17, 15) is 4.79 Å². The van der Waals surface area contributed by atoms with Crippen molar-refractivity contribution in [1.29, 1.82) is 0 Å². The van der Waals surface area contributed by atoms with Gasteiger partial charge < -0.3 is 14.5 Å². The summed E-state index contributed by atoms with van der Waals surface area (Å²) in [7, 11) is 6.00. The highest BCUT2D eigenvalue weighted by atomic mass is 16.5. The van der Waals surface area contributed by atoms with Gasteiger partial charge in [0.1, 0.15) is 6.33 Å². The monoisotopic (exact) mass is 350 g/mol. The molecule has 0 radical (unpaired) electrons. The summed E-state index contributed by atoms with van der Waals surface area (Å²) in [4.78, 5) is 23.2. The van der Waals surface area contributed by atoms with Gasteiger partial charge in [0, 0.05) is 51.7 Å². The van der Waals surface area contributed by atoms with E-state index >= 15 is 0 Å². The molecule has 0 unspecified atom stereocenters. The Bertz CT molecular complexity index is 579. The number of hydrogen-bond donors (Lipinski definition) is 0. The Balaban J connectivity index is 1.58. The van der Waals surface area contributed by atoms with Crippen LogP contribution < -0.4 is 0 Å². The van der Waals surface area contributed by atoms with Crippen LogP contribution in [0.2, 0.25) is 0 Å². The standard InChI is InChI=1S/C17H30N6O2/c1-20(2)8-9-22-10-11-25-13-17(12-22)4-6-23(7-5-17)16(24)15-18-14-21(3)19-15/h14H,4-13H2,1-3H3. The molecular formula is C17H30N6O2. The molecule has 8 nitrogen and oxygen atoms in total. The first-order chi connectivity index (χ1) is 12.0. The van der Waals surface area contributed by atoms with Gasteiger partial charge >= 0.3 is 0 Å². The molecule has 2 aliphatic rings. The molecule has 3 rings (SSSR count). The van der Waals surface area contributed by atoms with Crippen molar-refractivity contribution in [3.63, 3.8) is 0 Å². The number of aryl methyl sites for hydroxylation is 1. The second-order valence-electron chi connectivity index (χ2n) is 7.67. The molecule has 0 bridgehead atoms. The molecule has 1 aromatic rings. The second kappa shape index (κ2) is 7.80. The number of likely N-dealkylation sites (tertiary alicyclic amines) is 1. The zero-order chi connectivity index (χ0) is 17.9. The molecule has 0 saturated carbocycles. The average Bonchev–Trinajstić information content (AvgIpc) is 2.93. The van der Waals surface area contributed by atoms with E-state index in [-0.39, 0.29) is 11.3 Å². The molecular weight excluding hydrogens is 320 g/mol. The van der Waals surface area contributed by atoms with E-state index in [0.29, 0.717) is 5.82 Å². The highest BCUT2D eigenvalue weighted by molar-refractivity contribution is 5.90. The SMILES string of the molecule is CN(C)CCN1CCOCC2(CCN(C(=O)c3ncn(C)n3)CC2)C1. The maximum absolute atomic E-state index is 12.5. The molecule has 2 saturated heterocycles. The van der Waals surface area contributed by atoms with Crippen molar-refractivity contribution in [3.8, 4) is 0 Å². The summed E-state index contributed by atoms with van der Waals surface area (Å²) >= 11 is 0. The predicted molar refractivity (Wildman–Crippen MR) is 94.4 cm³/mol. The van der Waals surface area contributed by atoms with Crippen molar-refractivity contribution in [3.05, 3.63) is 12.2 Å². The minimum Gasteiger partial charge on any atom is -0.379 e. The fraction of sp³-hybridized carbons (Fsp3) is 0.824. The van der Waals surface area contributed by atoms with Gasteiger partial charge in [-0.1, -0.05) is 0 Å². The molecule has 2 aliphatic heterocycles. The van der Waals surface area contributed by atoms with E-state index in [0.717, 1.165) is 65.3 Å². The summed E-state index contributed by atoms with van der Waals surface area (Å²) in [5.74, 6) is 0.234. The number of hydrogen-bond acceptors (Lipinski definition) is 6. The number of ether oxygens (including phenoxy) is 1. The number of carbonyl (C=O) groups is 1. The van der Waals surface area contributed by atoms with Gasteiger partial charge in [-0.3, -0.25) is 14.4 Å². The second-order valence-corrected chi connectivity index (χ2v) is 7.67. The average molecular weight is 350 g/mol. The van der Waals surface area contributed by atoms with Crippen molar-refractivity contribution in [2.24, 2.45) is 12.5 Å². The van der Waals surface area contributed by atoms with Crippen molar-refractivity contribution >= 4 is 5.91 Å². The van der Waals surface area contributed by atoms with Crippen LogP contribution >= 0.6 is 0 Å². The third kappa shape index (κ3) is 4.56. The van der Waals surface area contributed by atoms with Crippen molar-refractivity contribution in [2.75, 3.05) is 66.6 Å². The molecule has 8 heteroatoms. The van der Waals surface area contributed by atoms with Crippen molar-refractivity contribution < 1.29 is 9.53 Å². The Morgan fingerprint density at radius 1 is 1.32 bits per heavy atom. The topological polar surface area (TPSA) is 66.7 Å². The van der Waals surface area contributed by atoms with E-state index in [1.54, 1.807) is 18.1 Å². The fourth-order valence-electron chi connectivity index (χ4n) is 3.68. The Hall–Kier alpha value is -1.51. The predicted octanol–water partition coefficient (Wildman–Crippen LogP) is -0.0687. The largest absolute Gasteiger partial charge is 0.379 e. The molecule has 25 heavy (non-hydrogen) atoms. The van der Waals surface area contributed by atoms with E-state index in [4.69, 9.17) is 4.74 Å². The summed E-state index contributed by atoms with van der Waals surface area (Å²) in [6.07, 6.45) is 3.52. The number of nitrogens with zero attached hydrogens (tertiary/aromatic N) is 6. The quantitative estimate of drug-likeness (QED) is 0.757. The van der Waals surface area contributed by atoms with Crippen LogP contribution in [0.5, 0.6) is 0 Å². The van der Waals surface area contributed by atoms with Crippen LogP contribution in [0.25, 0.3) is 0 Å². The normalized spacial score (nSPS) is 21.7. The number of piperidine rings is 1. The van der Waals surface area contributed by atoms with Crippen LogP contribution in [0.4, 0.5) is 0 Å². The van der Waals surface area contributed by atoms with Crippen LogP contribution in [-0.4, -0.2) is 102 Å². The lowest BCUT2D eigenvalue weighted by molar-refractivity contribution is 0.0143. The van der Waals surface area contributed by atoms with Gasteiger partial charge in [0.2, 0.25) is 5.82 Å². The number of rotatable bonds is 4. The lowest BCUT2D eigenvalue weighted by Crippen LogP contribution is -2.49. The molecule has 3 heterocycles. The molecule has 140 valence electrons. The van der Waals surface area contributed by atoms with Gasteiger partial charge in [0.25, 0.3) is 5.91 Å². The maximum Gasteiger partial charge on any atom is 0.293 e. The highest BCUT2D eigenvalue weighted by Gasteiger charge is 2.39. The van der Waals surface area contributed by atoms with Crippen molar-refractivity contribution in [2.45, 2.75) is 12.8 Å². The number of likely N-dealkylation sites (N-methyl/N-ethyl adjacent to an activating group) is 1. The molecule has 1 amide bonds. The summed E-state index contributed by atoms with van der Waals surface area (Å²) in [6, 6.07) is 0. The number of aromatic nitrogens is 3. The number of amides is 1. The third-order valence-corrected chi connectivity index (χ3v) is 5.28. The first-order valence-electron chi connectivity index (χ1n) is 9.07. The molecule has 0 aromatic carbocycles. The highest BCUT2D eigenvalue weighted by Crippen LogP contribution is 2.34. The summed E-state index contributed by atoms with van der Waals surface area (Å²) in [5, 5.41) is 4.13. The molecule has 1 spiro atoms. The Morgan fingerprint density at radius 2 is 2.08 bits per heavy atom. The van der Waals surface area contributed by atoms with Gasteiger partial charge in [-0.25, -0.2) is 4.98 Å². The van der Waals surface area contributed by atoms with Crippen LogP contribution in [0.3, 0.4) is 0 Å².